The van der Waals surface area contributed by atoms with Crippen LogP contribution in [0, 0.1) is 0 Å². The van der Waals surface area contributed by atoms with Crippen molar-refractivity contribution in [2.24, 2.45) is 0 Å². The molecule has 0 aliphatic carbocycles. The molecule has 0 radical (unpaired) electrons. The molecule has 0 aromatic heterocycles. The predicted molar refractivity (Wildman–Crippen MR) is 55.9 cm³/mol. The van der Waals surface area contributed by atoms with Crippen molar-refractivity contribution in [3.63, 3.8) is 0 Å². The molecule has 0 aromatic rings. The summed E-state index contributed by atoms with van der Waals surface area (Å²) in [6.45, 7) is 2.47. The van der Waals surface area contributed by atoms with Crippen LogP contribution < -0.4 is 5.32 Å². The number of nitrogens with one attached hydrogen (secondary N) is 1. The van der Waals surface area contributed by atoms with Crippen LogP contribution in [0.5, 0.6) is 0 Å². The van der Waals surface area contributed by atoms with E-state index in [0.29, 0.717) is 18.1 Å². The first kappa shape index (κ1) is 13.5. The Labute approximate surface area is 95.2 Å². The average Bonchev–Trinajstić information content (AvgIpc) is 2.47. The molecule has 1 saturated heterocycles. The first-order valence-corrected chi connectivity index (χ1v) is 6.59. The van der Waals surface area contributed by atoms with Gasteiger partial charge in [-0.15, -0.1) is 0 Å². The zero-order chi connectivity index (χ0) is 12.2. The molecule has 0 saturated carbocycles. The molecule has 94 valence electrons. The number of carbonyl (C=O) groups excluding carboxylic acids is 1. The number of ether oxygens (including phenoxy) is 1. The van der Waals surface area contributed by atoms with Crippen molar-refractivity contribution < 1.29 is 22.5 Å². The largest absolute Gasteiger partial charge is 0.456 e. The molecule has 16 heavy (non-hydrogen) atoms. The molecule has 4 nitrogen and oxygen atoms in total. The Bertz CT molecular complexity index is 286. The summed E-state index contributed by atoms with van der Waals surface area (Å²) in [6.07, 6.45) is -1.35. The maximum Gasteiger partial charge on any atom is 0.377 e. The van der Waals surface area contributed by atoms with E-state index in [-0.39, 0.29) is 6.54 Å². The van der Waals surface area contributed by atoms with E-state index in [1.165, 1.54) is 0 Å². The molecule has 1 aliphatic heterocycles. The summed E-state index contributed by atoms with van der Waals surface area (Å²) in [5.41, 5.74) is 0. The Morgan fingerprint density at radius 3 is 2.81 bits per heavy atom. The van der Waals surface area contributed by atoms with Gasteiger partial charge >= 0.3 is 11.9 Å². The van der Waals surface area contributed by atoms with Gasteiger partial charge in [0.1, 0.15) is 6.10 Å². The van der Waals surface area contributed by atoms with Gasteiger partial charge in [0.2, 0.25) is 0 Å². The van der Waals surface area contributed by atoms with Crippen LogP contribution in [0.1, 0.15) is 13.3 Å². The van der Waals surface area contributed by atoms with Gasteiger partial charge in [0.05, 0.1) is 6.42 Å². The fraction of sp³-hybridized carbons (Fsp3) is 0.889. The van der Waals surface area contributed by atoms with Gasteiger partial charge in [-0.2, -0.15) is 8.78 Å². The van der Waals surface area contributed by atoms with E-state index in [9.17, 15) is 17.8 Å². The lowest BCUT2D eigenvalue weighted by Gasteiger charge is -2.09. The standard InChI is InChI=1S/C9H15F2NO3S/c1-2-16(14)4-3-12-6-7-5-9(10,11)8(13)15-7/h7,12H,2-6H2,1H3. The molecule has 0 amide bonds. The number of alkyl halides is 2. The molecule has 1 heterocycles. The minimum Gasteiger partial charge on any atom is -0.456 e. The normalized spacial score (nSPS) is 25.4. The van der Waals surface area contributed by atoms with Crippen molar-refractivity contribution in [1.29, 1.82) is 0 Å². The Balaban J connectivity index is 2.16. The van der Waals surface area contributed by atoms with Crippen molar-refractivity contribution in [3.8, 4) is 0 Å². The second kappa shape index (κ2) is 5.67. The van der Waals surface area contributed by atoms with Crippen molar-refractivity contribution in [2.45, 2.75) is 25.4 Å². The third-order valence-corrected chi connectivity index (χ3v) is 3.56. The van der Waals surface area contributed by atoms with Crippen LogP contribution in [0.3, 0.4) is 0 Å². The molecule has 1 aliphatic rings. The number of cyclic esters (lactones) is 1. The van der Waals surface area contributed by atoms with Crippen LogP contribution in [-0.4, -0.2) is 46.8 Å². The van der Waals surface area contributed by atoms with Crippen molar-refractivity contribution in [3.05, 3.63) is 0 Å². The van der Waals surface area contributed by atoms with E-state index < -0.39 is 35.2 Å². The summed E-state index contributed by atoms with van der Waals surface area (Å²) < 4.78 is 41.0. The molecular weight excluding hydrogens is 240 g/mol. The lowest BCUT2D eigenvalue weighted by Crippen LogP contribution is -2.30. The number of rotatable bonds is 6. The second-order valence-corrected chi connectivity index (χ2v) is 5.44. The third-order valence-electron chi connectivity index (χ3n) is 2.26. The van der Waals surface area contributed by atoms with E-state index in [1.54, 1.807) is 0 Å². The van der Waals surface area contributed by atoms with E-state index in [0.717, 1.165) is 0 Å². The first-order chi connectivity index (χ1) is 7.45. The van der Waals surface area contributed by atoms with E-state index >= 15 is 0 Å². The number of carbonyl (C=O) groups is 1. The number of halogens is 2. The van der Waals surface area contributed by atoms with Gasteiger partial charge in [-0.25, -0.2) is 4.79 Å². The summed E-state index contributed by atoms with van der Waals surface area (Å²) in [7, 11) is -0.871. The molecule has 0 spiro atoms. The van der Waals surface area contributed by atoms with Crippen LogP contribution in [0.2, 0.25) is 0 Å². The Kier molecular flexibility index (Phi) is 4.79. The maximum atomic E-state index is 12.7. The number of esters is 1. The summed E-state index contributed by atoms with van der Waals surface area (Å²) in [5, 5.41) is 2.85. The van der Waals surface area contributed by atoms with Crippen molar-refractivity contribution >= 4 is 16.8 Å². The van der Waals surface area contributed by atoms with Crippen LogP contribution in [-0.2, 0) is 20.3 Å². The quantitative estimate of drug-likeness (QED) is 0.548. The number of hydrogen-bond acceptors (Lipinski definition) is 4. The third kappa shape index (κ3) is 3.79. The molecule has 1 N–H and O–H groups in total. The van der Waals surface area contributed by atoms with Crippen LogP contribution >= 0.6 is 0 Å². The maximum absolute atomic E-state index is 12.7. The Morgan fingerprint density at radius 1 is 1.62 bits per heavy atom. The Morgan fingerprint density at radius 2 is 2.31 bits per heavy atom. The molecule has 0 bridgehead atoms. The predicted octanol–water partition coefficient (Wildman–Crippen LogP) is 0.295. The van der Waals surface area contributed by atoms with Crippen LogP contribution in [0.25, 0.3) is 0 Å². The summed E-state index contributed by atoms with van der Waals surface area (Å²) in [6, 6.07) is 0. The fourth-order valence-electron chi connectivity index (χ4n) is 1.36. The van der Waals surface area contributed by atoms with Crippen LogP contribution in [0.15, 0.2) is 0 Å². The molecule has 2 unspecified atom stereocenters. The van der Waals surface area contributed by atoms with E-state index in [4.69, 9.17) is 0 Å². The Hall–Kier alpha value is -0.560. The summed E-state index contributed by atoms with van der Waals surface area (Å²) >= 11 is 0. The van der Waals surface area contributed by atoms with Gasteiger partial charge in [-0.1, -0.05) is 6.92 Å². The monoisotopic (exact) mass is 255 g/mol. The molecule has 7 heteroatoms. The molecule has 2 atom stereocenters. The minimum atomic E-state index is -3.35. The average molecular weight is 255 g/mol. The van der Waals surface area contributed by atoms with Gasteiger partial charge in [0, 0.05) is 35.4 Å². The smallest absolute Gasteiger partial charge is 0.377 e. The molecule has 0 aromatic carbocycles. The van der Waals surface area contributed by atoms with Crippen LogP contribution in [0.4, 0.5) is 8.78 Å². The van der Waals surface area contributed by atoms with Crippen molar-refractivity contribution in [1.82, 2.24) is 5.32 Å². The minimum absolute atomic E-state index is 0.183. The van der Waals surface area contributed by atoms with Crippen molar-refractivity contribution in [2.75, 3.05) is 24.6 Å². The zero-order valence-electron chi connectivity index (χ0n) is 9.00. The summed E-state index contributed by atoms with van der Waals surface area (Å²) in [4.78, 5) is 10.6. The lowest BCUT2D eigenvalue weighted by atomic mass is 10.2. The summed E-state index contributed by atoms with van der Waals surface area (Å²) in [5.74, 6) is -3.74. The van der Waals surface area contributed by atoms with Gasteiger partial charge in [-0.05, 0) is 0 Å². The van der Waals surface area contributed by atoms with Gasteiger partial charge in [0.25, 0.3) is 0 Å². The molecular formula is C9H15F2NO3S. The first-order valence-electron chi connectivity index (χ1n) is 5.10. The second-order valence-electron chi connectivity index (χ2n) is 3.57. The highest BCUT2D eigenvalue weighted by Gasteiger charge is 2.50. The van der Waals surface area contributed by atoms with Gasteiger partial charge < -0.3 is 10.1 Å². The van der Waals surface area contributed by atoms with Gasteiger partial charge in [0.15, 0.2) is 0 Å². The van der Waals surface area contributed by atoms with E-state index in [2.05, 4.69) is 10.1 Å². The molecule has 1 fully saturated rings. The highest BCUT2D eigenvalue weighted by Crippen LogP contribution is 2.30. The molecule has 1 rings (SSSR count). The number of hydrogen-bond donors (Lipinski definition) is 1. The lowest BCUT2D eigenvalue weighted by molar-refractivity contribution is -0.158. The van der Waals surface area contributed by atoms with E-state index in [1.807, 2.05) is 6.92 Å². The SMILES string of the molecule is CCS(=O)CCNCC1CC(F)(F)C(=O)O1. The highest BCUT2D eigenvalue weighted by atomic mass is 32.2. The fourth-order valence-corrected chi connectivity index (χ4v) is 2.02. The van der Waals surface area contributed by atoms with Gasteiger partial charge in [-0.3, -0.25) is 4.21 Å². The zero-order valence-corrected chi connectivity index (χ0v) is 9.82. The highest BCUT2D eigenvalue weighted by molar-refractivity contribution is 7.84. The topological polar surface area (TPSA) is 55.4 Å².